The summed E-state index contributed by atoms with van der Waals surface area (Å²) in [4.78, 5) is 4.30. The zero-order chi connectivity index (χ0) is 15.2. The number of hydrogen-bond donors (Lipinski definition) is 1. The first-order chi connectivity index (χ1) is 10.1. The molecule has 0 amide bonds. The fourth-order valence-corrected chi connectivity index (χ4v) is 2.40. The van der Waals surface area contributed by atoms with E-state index < -0.39 is 0 Å². The molecule has 1 heterocycles. The Morgan fingerprint density at radius 2 is 2.05 bits per heavy atom. The zero-order valence-electron chi connectivity index (χ0n) is 12.7. The van der Waals surface area contributed by atoms with E-state index in [9.17, 15) is 0 Å². The molecule has 0 radical (unpaired) electrons. The van der Waals surface area contributed by atoms with E-state index in [1.165, 1.54) is 11.1 Å². The van der Waals surface area contributed by atoms with Gasteiger partial charge in [-0.1, -0.05) is 34.1 Å². The van der Waals surface area contributed by atoms with Crippen molar-refractivity contribution in [1.29, 1.82) is 0 Å². The maximum Gasteiger partial charge on any atom is 0.218 e. The average Bonchev–Trinajstić information content (AvgIpc) is 2.44. The third-order valence-corrected chi connectivity index (χ3v) is 3.93. The Bertz CT molecular complexity index is 599. The largest absolute Gasteiger partial charge is 0.475 e. The van der Waals surface area contributed by atoms with Gasteiger partial charge in [-0.3, -0.25) is 0 Å². The molecule has 0 saturated heterocycles. The van der Waals surface area contributed by atoms with Crippen LogP contribution in [0, 0.1) is 6.92 Å². The molecule has 0 aliphatic heterocycles. The number of nitrogens with zero attached hydrogens (tertiary/aromatic N) is 1. The van der Waals surface area contributed by atoms with Gasteiger partial charge in [0.25, 0.3) is 0 Å². The van der Waals surface area contributed by atoms with Gasteiger partial charge in [-0.2, -0.15) is 0 Å². The lowest BCUT2D eigenvalue weighted by Gasteiger charge is -2.13. The fourth-order valence-electron chi connectivity index (χ4n) is 1.98. The predicted octanol–water partition coefficient (Wildman–Crippen LogP) is 4.23. The van der Waals surface area contributed by atoms with Gasteiger partial charge in [0.2, 0.25) is 5.88 Å². The highest BCUT2D eigenvalue weighted by molar-refractivity contribution is 9.10. The number of aromatic nitrogens is 1. The molecule has 0 unspecified atom stereocenters. The Morgan fingerprint density at radius 1 is 1.24 bits per heavy atom. The Balaban J connectivity index is 1.95. The first-order valence-corrected chi connectivity index (χ1v) is 7.92. The monoisotopic (exact) mass is 348 g/mol. The Labute approximate surface area is 134 Å². The number of aryl methyl sites for hydroxylation is 1. The molecule has 0 spiro atoms. The molecule has 0 bridgehead atoms. The van der Waals surface area contributed by atoms with Crippen molar-refractivity contribution in [3.63, 3.8) is 0 Å². The summed E-state index contributed by atoms with van der Waals surface area (Å²) in [6.45, 7) is 7.66. The van der Waals surface area contributed by atoms with E-state index in [4.69, 9.17) is 4.74 Å². The summed E-state index contributed by atoms with van der Waals surface area (Å²) >= 11 is 3.56. The van der Waals surface area contributed by atoms with Gasteiger partial charge in [-0.25, -0.2) is 4.98 Å². The summed E-state index contributed by atoms with van der Waals surface area (Å²) in [5.41, 5.74) is 3.58. The summed E-state index contributed by atoms with van der Waals surface area (Å²) < 4.78 is 6.87. The number of nitrogens with one attached hydrogen (secondary N) is 1. The maximum absolute atomic E-state index is 5.72. The zero-order valence-corrected chi connectivity index (χ0v) is 14.3. The summed E-state index contributed by atoms with van der Waals surface area (Å²) in [7, 11) is 0. The van der Waals surface area contributed by atoms with E-state index in [1.54, 1.807) is 6.20 Å². The van der Waals surface area contributed by atoms with Gasteiger partial charge >= 0.3 is 0 Å². The number of hydrogen-bond acceptors (Lipinski definition) is 3. The van der Waals surface area contributed by atoms with Gasteiger partial charge in [0.15, 0.2) is 0 Å². The number of halogens is 1. The van der Waals surface area contributed by atoms with Gasteiger partial charge in [-0.15, -0.1) is 0 Å². The van der Waals surface area contributed by atoms with Gasteiger partial charge in [-0.05, 0) is 44.0 Å². The quantitative estimate of drug-likeness (QED) is 0.848. The molecule has 1 aromatic heterocycles. The summed E-state index contributed by atoms with van der Waals surface area (Å²) in [6, 6.07) is 10.4. The second-order valence-electron chi connectivity index (χ2n) is 5.32. The number of rotatable bonds is 6. The van der Waals surface area contributed by atoms with E-state index in [0.29, 0.717) is 5.88 Å². The molecule has 0 aliphatic carbocycles. The Kier molecular flexibility index (Phi) is 5.76. The third kappa shape index (κ3) is 4.83. The van der Waals surface area contributed by atoms with Crippen molar-refractivity contribution in [1.82, 2.24) is 10.3 Å². The molecular weight excluding hydrogens is 328 g/mol. The van der Waals surface area contributed by atoms with E-state index in [-0.39, 0.29) is 6.10 Å². The molecule has 2 rings (SSSR count). The standard InChI is InChI=1S/C17H21BrN2O/c1-12(2)21-17-15(5-4-8-20-17)11-19-10-14-7-6-13(3)16(18)9-14/h4-9,12,19H,10-11H2,1-3H3. The SMILES string of the molecule is Cc1ccc(CNCc2cccnc2OC(C)C)cc1Br. The van der Waals surface area contributed by atoms with Crippen LogP contribution in [0.3, 0.4) is 0 Å². The van der Waals surface area contributed by atoms with Crippen LogP contribution in [-0.2, 0) is 13.1 Å². The van der Waals surface area contributed by atoms with Crippen molar-refractivity contribution in [2.24, 2.45) is 0 Å². The first kappa shape index (κ1) is 16.0. The van der Waals surface area contributed by atoms with Gasteiger partial charge in [0, 0.05) is 29.3 Å². The van der Waals surface area contributed by atoms with Crippen molar-refractivity contribution >= 4 is 15.9 Å². The molecule has 3 nitrogen and oxygen atoms in total. The van der Waals surface area contributed by atoms with Crippen molar-refractivity contribution in [3.05, 3.63) is 57.7 Å². The minimum atomic E-state index is 0.131. The van der Waals surface area contributed by atoms with Crippen LogP contribution < -0.4 is 10.1 Å². The van der Waals surface area contributed by atoms with Crippen LogP contribution in [0.15, 0.2) is 41.0 Å². The summed E-state index contributed by atoms with van der Waals surface area (Å²) in [6.07, 6.45) is 1.89. The van der Waals surface area contributed by atoms with E-state index in [2.05, 4.69) is 51.4 Å². The van der Waals surface area contributed by atoms with Crippen LogP contribution in [0.4, 0.5) is 0 Å². The first-order valence-electron chi connectivity index (χ1n) is 7.12. The predicted molar refractivity (Wildman–Crippen MR) is 89.4 cm³/mol. The van der Waals surface area contributed by atoms with Crippen molar-refractivity contribution in [2.75, 3.05) is 0 Å². The Morgan fingerprint density at radius 3 is 2.76 bits per heavy atom. The van der Waals surface area contributed by atoms with E-state index in [0.717, 1.165) is 23.1 Å². The Hall–Kier alpha value is -1.39. The highest BCUT2D eigenvalue weighted by atomic mass is 79.9. The second kappa shape index (κ2) is 7.57. The average molecular weight is 349 g/mol. The topological polar surface area (TPSA) is 34.2 Å². The molecular formula is C17H21BrN2O. The molecule has 0 fully saturated rings. The molecule has 1 N–H and O–H groups in total. The van der Waals surface area contributed by atoms with Gasteiger partial charge < -0.3 is 10.1 Å². The normalized spacial score (nSPS) is 10.9. The van der Waals surface area contributed by atoms with E-state index in [1.807, 2.05) is 26.0 Å². The van der Waals surface area contributed by atoms with Crippen LogP contribution in [0.2, 0.25) is 0 Å². The molecule has 0 atom stereocenters. The number of pyridine rings is 1. The lowest BCUT2D eigenvalue weighted by Crippen LogP contribution is -2.15. The van der Waals surface area contributed by atoms with Crippen LogP contribution in [0.5, 0.6) is 5.88 Å². The summed E-state index contributed by atoms with van der Waals surface area (Å²) in [5, 5.41) is 3.44. The molecule has 21 heavy (non-hydrogen) atoms. The van der Waals surface area contributed by atoms with Crippen LogP contribution >= 0.6 is 15.9 Å². The van der Waals surface area contributed by atoms with Crippen molar-refractivity contribution in [3.8, 4) is 5.88 Å². The van der Waals surface area contributed by atoms with Gasteiger partial charge in [0.1, 0.15) is 0 Å². The molecule has 0 aliphatic rings. The maximum atomic E-state index is 5.72. The van der Waals surface area contributed by atoms with Crippen LogP contribution in [-0.4, -0.2) is 11.1 Å². The van der Waals surface area contributed by atoms with Crippen LogP contribution in [0.1, 0.15) is 30.5 Å². The second-order valence-corrected chi connectivity index (χ2v) is 6.18. The van der Waals surface area contributed by atoms with Crippen LogP contribution in [0.25, 0.3) is 0 Å². The molecule has 2 aromatic rings. The van der Waals surface area contributed by atoms with Crippen molar-refractivity contribution < 1.29 is 4.74 Å². The lowest BCUT2D eigenvalue weighted by atomic mass is 10.1. The molecule has 112 valence electrons. The smallest absolute Gasteiger partial charge is 0.218 e. The third-order valence-electron chi connectivity index (χ3n) is 3.08. The fraction of sp³-hybridized carbons (Fsp3) is 0.353. The number of ether oxygens (including phenoxy) is 1. The lowest BCUT2D eigenvalue weighted by molar-refractivity contribution is 0.229. The van der Waals surface area contributed by atoms with Crippen molar-refractivity contribution in [2.45, 2.75) is 40.0 Å². The highest BCUT2D eigenvalue weighted by Gasteiger charge is 2.06. The molecule has 0 saturated carbocycles. The molecule has 1 aromatic carbocycles. The van der Waals surface area contributed by atoms with E-state index >= 15 is 0 Å². The highest BCUT2D eigenvalue weighted by Crippen LogP contribution is 2.18. The van der Waals surface area contributed by atoms with Gasteiger partial charge in [0.05, 0.1) is 6.10 Å². The minimum Gasteiger partial charge on any atom is -0.475 e. The molecule has 4 heteroatoms. The minimum absolute atomic E-state index is 0.131. The number of benzene rings is 1. The summed E-state index contributed by atoms with van der Waals surface area (Å²) in [5.74, 6) is 0.713.